The van der Waals surface area contributed by atoms with Crippen LogP contribution >= 0.6 is 15.9 Å². The third kappa shape index (κ3) is 3.19. The molecule has 2 rings (SSSR count). The molecule has 0 aliphatic rings. The first-order chi connectivity index (χ1) is 9.90. The van der Waals surface area contributed by atoms with Crippen molar-refractivity contribution in [3.05, 3.63) is 57.8 Å². The summed E-state index contributed by atoms with van der Waals surface area (Å²) in [6.07, 6.45) is 0. The van der Waals surface area contributed by atoms with Crippen LogP contribution in [0.4, 0.5) is 10.1 Å². The molecule has 0 aliphatic carbocycles. The summed E-state index contributed by atoms with van der Waals surface area (Å²) in [6, 6.07) is 7.47. The summed E-state index contributed by atoms with van der Waals surface area (Å²) in [5.41, 5.74) is -0.223. The zero-order chi connectivity index (χ0) is 15.6. The van der Waals surface area contributed by atoms with Crippen molar-refractivity contribution in [3.8, 4) is 5.75 Å². The van der Waals surface area contributed by atoms with Crippen LogP contribution in [0, 0.1) is 5.82 Å². The fourth-order valence-electron chi connectivity index (χ4n) is 1.68. The number of nitrogens with one attached hydrogen (secondary N) is 1. The number of carbonyl (C=O) groups is 2. The van der Waals surface area contributed by atoms with E-state index in [9.17, 15) is 19.1 Å². The van der Waals surface area contributed by atoms with Gasteiger partial charge >= 0.3 is 5.97 Å². The van der Waals surface area contributed by atoms with E-state index in [1.807, 2.05) is 0 Å². The van der Waals surface area contributed by atoms with E-state index in [0.717, 1.165) is 12.1 Å². The maximum atomic E-state index is 13.0. The number of hydrogen-bond acceptors (Lipinski definition) is 3. The average Bonchev–Trinajstić information content (AvgIpc) is 2.40. The molecule has 1 amide bonds. The molecule has 0 aliphatic heterocycles. The Kier molecular flexibility index (Phi) is 4.23. The molecule has 108 valence electrons. The summed E-state index contributed by atoms with van der Waals surface area (Å²) in [5, 5.41) is 21.1. The number of carbonyl (C=O) groups excluding carboxylic acids is 1. The molecule has 0 bridgehead atoms. The second-order valence-corrected chi connectivity index (χ2v) is 4.94. The number of aromatic hydroxyl groups is 1. The number of aromatic carboxylic acids is 1. The van der Waals surface area contributed by atoms with Crippen LogP contribution in [0.5, 0.6) is 5.75 Å². The van der Waals surface area contributed by atoms with Crippen LogP contribution in [0.15, 0.2) is 40.9 Å². The first-order valence-electron chi connectivity index (χ1n) is 5.72. The molecular formula is C14H9BrFNO4. The third-order valence-corrected chi connectivity index (χ3v) is 3.35. The quantitative estimate of drug-likeness (QED) is 0.739. The van der Waals surface area contributed by atoms with Gasteiger partial charge in [0.15, 0.2) is 5.75 Å². The lowest BCUT2D eigenvalue weighted by atomic mass is 10.1. The highest BCUT2D eigenvalue weighted by Gasteiger charge is 2.16. The van der Waals surface area contributed by atoms with Crippen LogP contribution in [-0.2, 0) is 0 Å². The zero-order valence-electron chi connectivity index (χ0n) is 10.4. The summed E-state index contributed by atoms with van der Waals surface area (Å²) in [6.45, 7) is 0. The predicted molar refractivity (Wildman–Crippen MR) is 77.1 cm³/mol. The van der Waals surface area contributed by atoms with Crippen molar-refractivity contribution in [2.75, 3.05) is 5.32 Å². The lowest BCUT2D eigenvalue weighted by Crippen LogP contribution is -2.13. The van der Waals surface area contributed by atoms with Gasteiger partial charge in [0.2, 0.25) is 0 Å². The van der Waals surface area contributed by atoms with Crippen molar-refractivity contribution in [1.82, 2.24) is 0 Å². The van der Waals surface area contributed by atoms with Crippen molar-refractivity contribution in [3.63, 3.8) is 0 Å². The molecule has 0 saturated carbocycles. The molecule has 0 heterocycles. The fourth-order valence-corrected chi connectivity index (χ4v) is 2.21. The minimum absolute atomic E-state index is 0.0453. The van der Waals surface area contributed by atoms with Gasteiger partial charge in [-0.15, -0.1) is 0 Å². The second kappa shape index (κ2) is 5.92. The molecule has 7 heteroatoms. The van der Waals surface area contributed by atoms with Crippen molar-refractivity contribution in [2.45, 2.75) is 0 Å². The molecule has 0 spiro atoms. The number of amides is 1. The molecule has 2 aromatic carbocycles. The fraction of sp³-hybridized carbons (Fsp3) is 0. The van der Waals surface area contributed by atoms with E-state index >= 15 is 0 Å². The maximum absolute atomic E-state index is 13.0. The van der Waals surface area contributed by atoms with Crippen LogP contribution < -0.4 is 5.32 Å². The van der Waals surface area contributed by atoms with Gasteiger partial charge in [-0.05, 0) is 46.3 Å². The topological polar surface area (TPSA) is 86.6 Å². The van der Waals surface area contributed by atoms with Crippen LogP contribution in [0.3, 0.4) is 0 Å². The number of halogens is 2. The Balaban J connectivity index is 2.32. The minimum Gasteiger partial charge on any atom is -0.505 e. The van der Waals surface area contributed by atoms with E-state index in [-0.39, 0.29) is 21.3 Å². The normalized spacial score (nSPS) is 10.2. The number of carboxylic acid groups (broad SMARTS) is 1. The number of phenols is 1. The summed E-state index contributed by atoms with van der Waals surface area (Å²) >= 11 is 3.06. The summed E-state index contributed by atoms with van der Waals surface area (Å²) in [5.74, 6) is -2.97. The number of anilines is 1. The Labute approximate surface area is 127 Å². The largest absolute Gasteiger partial charge is 0.505 e. The van der Waals surface area contributed by atoms with Gasteiger partial charge in [0.25, 0.3) is 5.91 Å². The van der Waals surface area contributed by atoms with Gasteiger partial charge in [0.1, 0.15) is 11.4 Å². The van der Waals surface area contributed by atoms with Crippen LogP contribution in [0.25, 0.3) is 0 Å². The lowest BCUT2D eigenvalue weighted by molar-refractivity contribution is 0.0693. The first kappa shape index (κ1) is 15.0. The lowest BCUT2D eigenvalue weighted by Gasteiger charge is -2.10. The van der Waals surface area contributed by atoms with E-state index in [4.69, 9.17) is 5.11 Å². The van der Waals surface area contributed by atoms with Gasteiger partial charge in [-0.3, -0.25) is 4.79 Å². The monoisotopic (exact) mass is 353 g/mol. The Morgan fingerprint density at radius 2 is 1.86 bits per heavy atom. The maximum Gasteiger partial charge on any atom is 0.339 e. The van der Waals surface area contributed by atoms with Gasteiger partial charge < -0.3 is 15.5 Å². The summed E-state index contributed by atoms with van der Waals surface area (Å²) in [4.78, 5) is 23.0. The molecule has 0 saturated heterocycles. The highest BCUT2D eigenvalue weighted by molar-refractivity contribution is 9.10. The smallest absolute Gasteiger partial charge is 0.339 e. The molecule has 3 N–H and O–H groups in total. The molecular weight excluding hydrogens is 345 g/mol. The van der Waals surface area contributed by atoms with Gasteiger partial charge in [-0.2, -0.15) is 0 Å². The highest BCUT2D eigenvalue weighted by atomic mass is 79.9. The van der Waals surface area contributed by atoms with Crippen molar-refractivity contribution in [1.29, 1.82) is 0 Å². The molecule has 0 radical (unpaired) electrons. The van der Waals surface area contributed by atoms with Crippen LogP contribution in [-0.4, -0.2) is 22.1 Å². The molecule has 5 nitrogen and oxygen atoms in total. The first-order valence-corrected chi connectivity index (χ1v) is 6.51. The summed E-state index contributed by atoms with van der Waals surface area (Å²) < 4.78 is 13.2. The van der Waals surface area contributed by atoms with E-state index in [2.05, 4.69) is 21.2 Å². The van der Waals surface area contributed by atoms with Crippen molar-refractivity contribution < 1.29 is 24.2 Å². The zero-order valence-corrected chi connectivity index (χ0v) is 12.0. The standard InChI is InChI=1S/C14H9BrFNO4/c15-10-6-7(16)4-5-8(10)13(19)17-11-3-1-2-9(12(11)18)14(20)21/h1-6,18H,(H,17,19)(H,20,21). The third-order valence-electron chi connectivity index (χ3n) is 2.69. The molecule has 21 heavy (non-hydrogen) atoms. The van der Waals surface area contributed by atoms with Crippen molar-refractivity contribution in [2.24, 2.45) is 0 Å². The summed E-state index contributed by atoms with van der Waals surface area (Å²) in [7, 11) is 0. The van der Waals surface area contributed by atoms with Crippen LogP contribution in [0.1, 0.15) is 20.7 Å². The van der Waals surface area contributed by atoms with Crippen molar-refractivity contribution >= 4 is 33.5 Å². The molecule has 0 aromatic heterocycles. The number of carboxylic acids is 1. The van der Waals surface area contributed by atoms with Gasteiger partial charge in [-0.1, -0.05) is 6.07 Å². The van der Waals surface area contributed by atoms with E-state index in [0.29, 0.717) is 0 Å². The molecule has 0 unspecified atom stereocenters. The Morgan fingerprint density at radius 1 is 1.14 bits per heavy atom. The Bertz CT molecular complexity index is 733. The number of hydrogen-bond donors (Lipinski definition) is 3. The van der Waals surface area contributed by atoms with Crippen LogP contribution in [0.2, 0.25) is 0 Å². The molecule has 2 aromatic rings. The van der Waals surface area contributed by atoms with Gasteiger partial charge in [-0.25, -0.2) is 9.18 Å². The number of para-hydroxylation sites is 1. The SMILES string of the molecule is O=C(Nc1cccc(C(=O)O)c1O)c1ccc(F)cc1Br. The predicted octanol–water partition coefficient (Wildman–Crippen LogP) is 3.24. The Hall–Kier alpha value is -2.41. The minimum atomic E-state index is -1.31. The van der Waals surface area contributed by atoms with E-state index in [1.54, 1.807) is 0 Å². The second-order valence-electron chi connectivity index (χ2n) is 4.09. The Morgan fingerprint density at radius 3 is 2.48 bits per heavy atom. The van der Waals surface area contributed by atoms with Gasteiger partial charge in [0, 0.05) is 4.47 Å². The molecule has 0 atom stereocenters. The van der Waals surface area contributed by atoms with Gasteiger partial charge in [0.05, 0.1) is 11.3 Å². The number of rotatable bonds is 3. The average molecular weight is 354 g/mol. The van der Waals surface area contributed by atoms with E-state index in [1.165, 1.54) is 24.3 Å². The van der Waals surface area contributed by atoms with E-state index < -0.39 is 23.4 Å². The number of benzene rings is 2. The highest BCUT2D eigenvalue weighted by Crippen LogP contribution is 2.28. The molecule has 0 fully saturated rings.